The number of carbonyl (C=O) groups excluding carboxylic acids is 1. The van der Waals surface area contributed by atoms with E-state index in [0.29, 0.717) is 17.0 Å². The van der Waals surface area contributed by atoms with Gasteiger partial charge in [-0.05, 0) is 18.6 Å². The van der Waals surface area contributed by atoms with E-state index in [2.05, 4.69) is 17.5 Å². The summed E-state index contributed by atoms with van der Waals surface area (Å²) in [7, 11) is 0. The molecule has 0 atom stereocenters. The summed E-state index contributed by atoms with van der Waals surface area (Å²) in [5.74, 6) is -0.271. The standard InChI is InChI=1S/C13H16Cl2N2O2/c1-2-3-4-5-12(18)17-16-8-9-6-10(14)7-11(15)13(9)19/h6-8,19H,2-5H2,1H3,(H,17,18)/b16-8+. The van der Waals surface area contributed by atoms with Gasteiger partial charge in [0.1, 0.15) is 5.75 Å². The fourth-order valence-corrected chi connectivity index (χ4v) is 1.96. The first-order chi connectivity index (χ1) is 9.04. The van der Waals surface area contributed by atoms with Crippen LogP contribution in [0.25, 0.3) is 0 Å². The maximum absolute atomic E-state index is 11.4. The van der Waals surface area contributed by atoms with E-state index < -0.39 is 0 Å². The monoisotopic (exact) mass is 302 g/mol. The SMILES string of the molecule is CCCCCC(=O)N/N=C/c1cc(Cl)cc(Cl)c1O. The van der Waals surface area contributed by atoms with Crippen LogP contribution in [0.3, 0.4) is 0 Å². The number of hydrogen-bond acceptors (Lipinski definition) is 3. The van der Waals surface area contributed by atoms with E-state index in [0.717, 1.165) is 19.3 Å². The summed E-state index contributed by atoms with van der Waals surface area (Å²) in [6.45, 7) is 2.07. The molecule has 19 heavy (non-hydrogen) atoms. The normalized spacial score (nSPS) is 10.9. The van der Waals surface area contributed by atoms with Gasteiger partial charge in [-0.1, -0.05) is 43.0 Å². The Hall–Kier alpha value is -1.26. The molecule has 0 spiro atoms. The molecule has 0 radical (unpaired) electrons. The Morgan fingerprint density at radius 3 is 2.84 bits per heavy atom. The largest absolute Gasteiger partial charge is 0.506 e. The lowest BCUT2D eigenvalue weighted by atomic mass is 10.2. The van der Waals surface area contributed by atoms with E-state index in [4.69, 9.17) is 23.2 Å². The molecule has 0 aliphatic rings. The molecule has 1 aromatic carbocycles. The molecule has 0 saturated heterocycles. The van der Waals surface area contributed by atoms with Gasteiger partial charge in [0, 0.05) is 17.0 Å². The van der Waals surface area contributed by atoms with Crippen molar-refractivity contribution >= 4 is 35.3 Å². The number of rotatable bonds is 6. The fraction of sp³-hybridized carbons (Fsp3) is 0.385. The van der Waals surface area contributed by atoms with Crippen LogP contribution in [0.15, 0.2) is 17.2 Å². The zero-order valence-electron chi connectivity index (χ0n) is 10.6. The van der Waals surface area contributed by atoms with Crippen LogP contribution in [-0.2, 0) is 4.79 Å². The number of halogens is 2. The van der Waals surface area contributed by atoms with Crippen LogP contribution in [0.2, 0.25) is 10.0 Å². The number of benzene rings is 1. The molecule has 0 heterocycles. The molecular weight excluding hydrogens is 287 g/mol. The summed E-state index contributed by atoms with van der Waals surface area (Å²) < 4.78 is 0. The molecule has 0 bridgehead atoms. The average molecular weight is 303 g/mol. The first kappa shape index (κ1) is 15.8. The van der Waals surface area contributed by atoms with Gasteiger partial charge in [-0.25, -0.2) is 5.43 Å². The topological polar surface area (TPSA) is 61.7 Å². The number of nitrogens with one attached hydrogen (secondary N) is 1. The molecule has 4 nitrogen and oxygen atoms in total. The number of unbranched alkanes of at least 4 members (excludes halogenated alkanes) is 2. The summed E-state index contributed by atoms with van der Waals surface area (Å²) in [5, 5.41) is 14.0. The third-order valence-electron chi connectivity index (χ3n) is 2.46. The van der Waals surface area contributed by atoms with Gasteiger partial charge >= 0.3 is 0 Å². The van der Waals surface area contributed by atoms with Gasteiger partial charge in [0.05, 0.1) is 11.2 Å². The Morgan fingerprint density at radius 1 is 1.42 bits per heavy atom. The molecule has 0 fully saturated rings. The molecule has 0 aliphatic heterocycles. The molecule has 0 unspecified atom stereocenters. The lowest BCUT2D eigenvalue weighted by molar-refractivity contribution is -0.121. The summed E-state index contributed by atoms with van der Waals surface area (Å²) in [6, 6.07) is 2.94. The predicted octanol–water partition coefficient (Wildman–Crippen LogP) is 3.73. The number of hydrazone groups is 1. The highest BCUT2D eigenvalue weighted by Crippen LogP contribution is 2.29. The minimum Gasteiger partial charge on any atom is -0.506 e. The number of nitrogens with zero attached hydrogens (tertiary/aromatic N) is 1. The van der Waals surface area contributed by atoms with Crippen molar-refractivity contribution in [3.05, 3.63) is 27.7 Å². The molecule has 104 valence electrons. The second-order valence-corrected chi connectivity index (χ2v) is 4.92. The molecule has 0 aromatic heterocycles. The van der Waals surface area contributed by atoms with Crippen LogP contribution < -0.4 is 5.43 Å². The van der Waals surface area contributed by atoms with Gasteiger partial charge in [0.2, 0.25) is 5.91 Å². The number of hydrogen-bond donors (Lipinski definition) is 2. The van der Waals surface area contributed by atoms with Crippen molar-refractivity contribution in [3.8, 4) is 5.75 Å². The highest BCUT2D eigenvalue weighted by Gasteiger charge is 2.06. The lowest BCUT2D eigenvalue weighted by Crippen LogP contribution is -2.16. The van der Waals surface area contributed by atoms with E-state index in [1.54, 1.807) is 0 Å². The summed E-state index contributed by atoms with van der Waals surface area (Å²) in [5.41, 5.74) is 2.74. The van der Waals surface area contributed by atoms with Crippen molar-refractivity contribution in [1.82, 2.24) is 5.43 Å². The number of phenolic OH excluding ortho intramolecular Hbond substituents is 1. The average Bonchev–Trinajstić information content (AvgIpc) is 2.35. The quantitative estimate of drug-likeness (QED) is 0.478. The minimum absolute atomic E-state index is 0.116. The molecule has 0 aliphatic carbocycles. The third-order valence-corrected chi connectivity index (χ3v) is 2.96. The Kier molecular flexibility index (Phi) is 6.67. The van der Waals surface area contributed by atoms with Gasteiger partial charge in [-0.15, -0.1) is 0 Å². The zero-order chi connectivity index (χ0) is 14.3. The van der Waals surface area contributed by atoms with Gasteiger partial charge in [0.15, 0.2) is 0 Å². The van der Waals surface area contributed by atoms with Crippen LogP contribution in [-0.4, -0.2) is 17.2 Å². The maximum atomic E-state index is 11.4. The van der Waals surface area contributed by atoms with Crippen LogP contribution in [0.4, 0.5) is 0 Å². The Labute approximate surface area is 122 Å². The number of phenols is 1. The first-order valence-electron chi connectivity index (χ1n) is 6.04. The second-order valence-electron chi connectivity index (χ2n) is 4.08. The number of amides is 1. The summed E-state index contributed by atoms with van der Waals surface area (Å²) in [6.07, 6.45) is 4.66. The maximum Gasteiger partial charge on any atom is 0.240 e. The smallest absolute Gasteiger partial charge is 0.240 e. The van der Waals surface area contributed by atoms with Crippen molar-refractivity contribution < 1.29 is 9.90 Å². The highest BCUT2D eigenvalue weighted by atomic mass is 35.5. The molecule has 1 aromatic rings. The van der Waals surface area contributed by atoms with E-state index in [1.165, 1.54) is 18.3 Å². The highest BCUT2D eigenvalue weighted by molar-refractivity contribution is 6.36. The van der Waals surface area contributed by atoms with Gasteiger partial charge in [0.25, 0.3) is 0 Å². The van der Waals surface area contributed by atoms with Gasteiger partial charge in [-0.2, -0.15) is 5.10 Å². The van der Waals surface area contributed by atoms with Crippen molar-refractivity contribution in [2.45, 2.75) is 32.6 Å². The first-order valence-corrected chi connectivity index (χ1v) is 6.80. The predicted molar refractivity (Wildman–Crippen MR) is 78.0 cm³/mol. The lowest BCUT2D eigenvalue weighted by Gasteiger charge is -2.02. The van der Waals surface area contributed by atoms with Crippen LogP contribution in [0, 0.1) is 0 Å². The fourth-order valence-electron chi connectivity index (χ4n) is 1.45. The third kappa shape index (κ3) is 5.49. The molecule has 1 amide bonds. The van der Waals surface area contributed by atoms with Crippen LogP contribution in [0.5, 0.6) is 5.75 Å². The molecule has 2 N–H and O–H groups in total. The van der Waals surface area contributed by atoms with E-state index in [1.807, 2.05) is 0 Å². The van der Waals surface area contributed by atoms with Crippen LogP contribution >= 0.6 is 23.2 Å². The van der Waals surface area contributed by atoms with Crippen molar-refractivity contribution in [3.63, 3.8) is 0 Å². The summed E-state index contributed by atoms with van der Waals surface area (Å²) >= 11 is 11.6. The molecule has 0 saturated carbocycles. The Morgan fingerprint density at radius 2 is 2.16 bits per heavy atom. The molecular formula is C13H16Cl2N2O2. The van der Waals surface area contributed by atoms with Crippen molar-refractivity contribution in [2.75, 3.05) is 0 Å². The number of carbonyl (C=O) groups is 1. The van der Waals surface area contributed by atoms with E-state index in [-0.39, 0.29) is 16.7 Å². The minimum atomic E-state index is -0.155. The van der Waals surface area contributed by atoms with E-state index >= 15 is 0 Å². The van der Waals surface area contributed by atoms with Gasteiger partial charge in [-0.3, -0.25) is 4.79 Å². The summed E-state index contributed by atoms with van der Waals surface area (Å²) in [4.78, 5) is 11.4. The molecule has 6 heteroatoms. The van der Waals surface area contributed by atoms with E-state index in [9.17, 15) is 9.90 Å². The Bertz CT molecular complexity index is 476. The molecule has 1 rings (SSSR count). The van der Waals surface area contributed by atoms with Crippen molar-refractivity contribution in [1.29, 1.82) is 0 Å². The van der Waals surface area contributed by atoms with Crippen LogP contribution in [0.1, 0.15) is 38.2 Å². The van der Waals surface area contributed by atoms with Crippen molar-refractivity contribution in [2.24, 2.45) is 5.10 Å². The Balaban J connectivity index is 2.55. The zero-order valence-corrected chi connectivity index (χ0v) is 12.1. The van der Waals surface area contributed by atoms with Gasteiger partial charge < -0.3 is 5.11 Å². The number of aromatic hydroxyl groups is 1. The second kappa shape index (κ2) is 8.02.